The van der Waals surface area contributed by atoms with Crippen LogP contribution >= 0.6 is 0 Å². The highest BCUT2D eigenvalue weighted by Gasteiger charge is 2.12. The summed E-state index contributed by atoms with van der Waals surface area (Å²) >= 11 is 0. The average molecular weight is 479 g/mol. The van der Waals surface area contributed by atoms with Gasteiger partial charge in [-0.2, -0.15) is 0 Å². The van der Waals surface area contributed by atoms with Crippen molar-refractivity contribution in [2.24, 2.45) is 0 Å². The number of carbonyl (C=O) groups is 2. The van der Waals surface area contributed by atoms with Gasteiger partial charge in [0.25, 0.3) is 11.8 Å². The number of amides is 2. The molecule has 0 spiro atoms. The molecule has 7 heteroatoms. The van der Waals surface area contributed by atoms with E-state index in [2.05, 4.69) is 20.6 Å². The molecule has 178 valence electrons. The summed E-state index contributed by atoms with van der Waals surface area (Å²) in [6.07, 6.45) is 0. The first-order valence-corrected chi connectivity index (χ1v) is 11.5. The number of halogens is 1. The molecule has 5 aromatic rings. The Hall–Kier alpha value is -4.78. The SMILES string of the molecule is Cc1ccc(CNC(=O)c2cccc(-c3ccc4nc(NC(=O)c5ccc(F)cc5)[nH]c4c3)c2)cc1. The lowest BCUT2D eigenvalue weighted by atomic mass is 10.0. The van der Waals surface area contributed by atoms with Gasteiger partial charge in [0, 0.05) is 17.7 Å². The normalized spacial score (nSPS) is 10.8. The van der Waals surface area contributed by atoms with E-state index in [1.165, 1.54) is 29.8 Å². The molecule has 0 saturated carbocycles. The molecule has 1 aromatic heterocycles. The summed E-state index contributed by atoms with van der Waals surface area (Å²) in [5.41, 5.74) is 6.30. The van der Waals surface area contributed by atoms with Gasteiger partial charge in [-0.25, -0.2) is 9.37 Å². The first-order chi connectivity index (χ1) is 17.4. The second-order valence-electron chi connectivity index (χ2n) is 8.53. The van der Waals surface area contributed by atoms with Crippen LogP contribution in [-0.4, -0.2) is 21.8 Å². The molecule has 0 bridgehead atoms. The minimum absolute atomic E-state index is 0.147. The van der Waals surface area contributed by atoms with Crippen LogP contribution in [0.1, 0.15) is 31.8 Å². The first-order valence-electron chi connectivity index (χ1n) is 11.5. The molecule has 0 radical (unpaired) electrons. The first kappa shape index (κ1) is 23.0. The molecule has 5 rings (SSSR count). The van der Waals surface area contributed by atoms with Crippen LogP contribution in [0.3, 0.4) is 0 Å². The molecule has 3 N–H and O–H groups in total. The zero-order chi connectivity index (χ0) is 25.1. The monoisotopic (exact) mass is 478 g/mol. The van der Waals surface area contributed by atoms with Crippen LogP contribution in [0.15, 0.2) is 91.0 Å². The number of aromatic amines is 1. The van der Waals surface area contributed by atoms with Gasteiger partial charge in [-0.15, -0.1) is 0 Å². The maximum Gasteiger partial charge on any atom is 0.257 e. The Balaban J connectivity index is 1.31. The molecule has 0 aliphatic heterocycles. The van der Waals surface area contributed by atoms with Gasteiger partial charge in [0.1, 0.15) is 5.82 Å². The molecule has 0 aliphatic rings. The van der Waals surface area contributed by atoms with Crippen molar-refractivity contribution >= 4 is 28.8 Å². The fourth-order valence-corrected chi connectivity index (χ4v) is 3.86. The summed E-state index contributed by atoms with van der Waals surface area (Å²) in [6.45, 7) is 2.48. The summed E-state index contributed by atoms with van der Waals surface area (Å²) < 4.78 is 13.1. The van der Waals surface area contributed by atoms with Gasteiger partial charge in [0.2, 0.25) is 5.95 Å². The quantitative estimate of drug-likeness (QED) is 0.286. The molecule has 2 amide bonds. The fourth-order valence-electron chi connectivity index (χ4n) is 3.86. The molecular formula is C29H23FN4O2. The number of imidazole rings is 1. The zero-order valence-corrected chi connectivity index (χ0v) is 19.5. The van der Waals surface area contributed by atoms with E-state index >= 15 is 0 Å². The standard InChI is InChI=1S/C29H23FN4O2/c1-18-5-7-19(8-6-18)17-31-27(35)23-4-2-3-21(15-23)22-11-14-25-26(16-22)33-29(32-25)34-28(36)20-9-12-24(30)13-10-20/h2-16H,17H2,1H3,(H,31,35)(H2,32,33,34,36). The van der Waals surface area contributed by atoms with E-state index in [0.717, 1.165) is 22.2 Å². The largest absolute Gasteiger partial charge is 0.348 e. The number of nitrogens with one attached hydrogen (secondary N) is 3. The Bertz CT molecular complexity index is 1560. The minimum Gasteiger partial charge on any atom is -0.348 e. The molecule has 0 aliphatic carbocycles. The summed E-state index contributed by atoms with van der Waals surface area (Å²) in [5, 5.41) is 5.66. The van der Waals surface area contributed by atoms with Crippen molar-refractivity contribution in [2.45, 2.75) is 13.5 Å². The minimum atomic E-state index is -0.407. The molecule has 1 heterocycles. The van der Waals surface area contributed by atoms with Gasteiger partial charge in [-0.1, -0.05) is 48.0 Å². The highest BCUT2D eigenvalue weighted by molar-refractivity contribution is 6.04. The molecular weight excluding hydrogens is 455 g/mol. The lowest BCUT2D eigenvalue weighted by molar-refractivity contribution is 0.0950. The van der Waals surface area contributed by atoms with Crippen molar-refractivity contribution in [3.8, 4) is 11.1 Å². The van der Waals surface area contributed by atoms with E-state index in [-0.39, 0.29) is 5.91 Å². The van der Waals surface area contributed by atoms with Crippen LogP contribution in [0, 0.1) is 12.7 Å². The van der Waals surface area contributed by atoms with Crippen molar-refractivity contribution < 1.29 is 14.0 Å². The third-order valence-electron chi connectivity index (χ3n) is 5.85. The third-order valence-corrected chi connectivity index (χ3v) is 5.85. The maximum absolute atomic E-state index is 13.1. The van der Waals surface area contributed by atoms with Crippen molar-refractivity contribution in [3.05, 3.63) is 119 Å². The topological polar surface area (TPSA) is 86.9 Å². The Morgan fingerprint density at radius 2 is 1.58 bits per heavy atom. The number of hydrogen-bond donors (Lipinski definition) is 3. The average Bonchev–Trinajstić information content (AvgIpc) is 3.30. The molecule has 6 nitrogen and oxygen atoms in total. The Morgan fingerprint density at radius 3 is 2.36 bits per heavy atom. The summed E-state index contributed by atoms with van der Waals surface area (Å²) in [7, 11) is 0. The Kier molecular flexibility index (Phi) is 6.28. The number of H-pyrrole nitrogens is 1. The van der Waals surface area contributed by atoms with Gasteiger partial charge >= 0.3 is 0 Å². The van der Waals surface area contributed by atoms with Crippen molar-refractivity contribution in [3.63, 3.8) is 0 Å². The number of benzene rings is 4. The van der Waals surface area contributed by atoms with Crippen molar-refractivity contribution in [1.29, 1.82) is 0 Å². The van der Waals surface area contributed by atoms with E-state index in [1.807, 2.05) is 67.6 Å². The van der Waals surface area contributed by atoms with E-state index in [1.54, 1.807) is 6.07 Å². The third kappa shape index (κ3) is 5.15. The number of aromatic nitrogens is 2. The predicted molar refractivity (Wildman–Crippen MR) is 138 cm³/mol. The van der Waals surface area contributed by atoms with Crippen LogP contribution in [0.5, 0.6) is 0 Å². The Labute approximate surface area is 207 Å². The maximum atomic E-state index is 13.1. The lowest BCUT2D eigenvalue weighted by Crippen LogP contribution is -2.22. The van der Waals surface area contributed by atoms with Gasteiger partial charge in [-0.05, 0) is 72.1 Å². The highest BCUT2D eigenvalue weighted by atomic mass is 19.1. The number of anilines is 1. The molecule has 36 heavy (non-hydrogen) atoms. The van der Waals surface area contributed by atoms with Crippen LogP contribution in [0.25, 0.3) is 22.2 Å². The molecule has 4 aromatic carbocycles. The number of fused-ring (bicyclic) bond motifs is 1. The predicted octanol–water partition coefficient (Wildman–Crippen LogP) is 5.86. The number of aryl methyl sites for hydroxylation is 1. The van der Waals surface area contributed by atoms with Crippen LogP contribution in [0.2, 0.25) is 0 Å². The van der Waals surface area contributed by atoms with Crippen LogP contribution in [0.4, 0.5) is 10.3 Å². The summed E-state index contributed by atoms with van der Waals surface area (Å²) in [5.74, 6) is -0.652. The van der Waals surface area contributed by atoms with E-state index < -0.39 is 11.7 Å². The number of rotatable bonds is 6. The van der Waals surface area contributed by atoms with E-state index in [4.69, 9.17) is 0 Å². The highest BCUT2D eigenvalue weighted by Crippen LogP contribution is 2.25. The second-order valence-corrected chi connectivity index (χ2v) is 8.53. The van der Waals surface area contributed by atoms with Crippen LogP contribution in [-0.2, 0) is 6.54 Å². The van der Waals surface area contributed by atoms with Crippen molar-refractivity contribution in [2.75, 3.05) is 5.32 Å². The van der Waals surface area contributed by atoms with Gasteiger partial charge in [0.15, 0.2) is 0 Å². The van der Waals surface area contributed by atoms with Crippen LogP contribution < -0.4 is 10.6 Å². The molecule has 0 unspecified atom stereocenters. The molecule has 0 saturated heterocycles. The number of hydrogen-bond acceptors (Lipinski definition) is 3. The lowest BCUT2D eigenvalue weighted by Gasteiger charge is -2.08. The fraction of sp³-hybridized carbons (Fsp3) is 0.0690. The molecule has 0 atom stereocenters. The van der Waals surface area contributed by atoms with E-state index in [9.17, 15) is 14.0 Å². The number of carbonyl (C=O) groups excluding carboxylic acids is 2. The summed E-state index contributed by atoms with van der Waals surface area (Å²) in [6, 6.07) is 26.4. The van der Waals surface area contributed by atoms with Gasteiger partial charge < -0.3 is 10.3 Å². The van der Waals surface area contributed by atoms with Gasteiger partial charge in [0.05, 0.1) is 11.0 Å². The second kappa shape index (κ2) is 9.84. The zero-order valence-electron chi connectivity index (χ0n) is 19.5. The summed E-state index contributed by atoms with van der Waals surface area (Å²) in [4.78, 5) is 32.7. The van der Waals surface area contributed by atoms with E-state index in [0.29, 0.717) is 29.1 Å². The van der Waals surface area contributed by atoms with Crippen molar-refractivity contribution in [1.82, 2.24) is 15.3 Å². The molecule has 0 fully saturated rings. The Morgan fingerprint density at radius 1 is 0.833 bits per heavy atom. The number of nitrogens with zero attached hydrogens (tertiary/aromatic N) is 1. The van der Waals surface area contributed by atoms with Gasteiger partial charge in [-0.3, -0.25) is 14.9 Å². The smallest absolute Gasteiger partial charge is 0.257 e.